The number of halogens is 2. The average molecular weight is 271 g/mol. The first-order valence-electron chi connectivity index (χ1n) is 5.19. The quantitative estimate of drug-likeness (QED) is 0.929. The van der Waals surface area contributed by atoms with E-state index in [1.807, 2.05) is 6.92 Å². The average Bonchev–Trinajstić information content (AvgIpc) is 2.63. The van der Waals surface area contributed by atoms with Gasteiger partial charge in [0.2, 0.25) is 0 Å². The molecule has 2 aromatic rings. The van der Waals surface area contributed by atoms with Crippen molar-refractivity contribution in [3.63, 3.8) is 0 Å². The minimum atomic E-state index is -0.322. The summed E-state index contributed by atoms with van der Waals surface area (Å²) in [5, 5.41) is 1.39. The second kappa shape index (κ2) is 5.12. The maximum atomic E-state index is 12.9. The van der Waals surface area contributed by atoms with E-state index in [4.69, 9.17) is 17.3 Å². The number of thiazole rings is 1. The van der Waals surface area contributed by atoms with Crippen LogP contribution in [0.3, 0.4) is 0 Å². The van der Waals surface area contributed by atoms with Crippen molar-refractivity contribution < 1.29 is 4.39 Å². The van der Waals surface area contributed by atoms with E-state index in [0.717, 1.165) is 21.1 Å². The van der Waals surface area contributed by atoms with Crippen LogP contribution in [0, 0.1) is 12.7 Å². The van der Waals surface area contributed by atoms with Crippen LogP contribution in [-0.4, -0.2) is 4.98 Å². The number of hydrogen-bond acceptors (Lipinski definition) is 3. The summed E-state index contributed by atoms with van der Waals surface area (Å²) in [6.07, 6.45) is 0.616. The van der Waals surface area contributed by atoms with Gasteiger partial charge in [0.15, 0.2) is 0 Å². The lowest BCUT2D eigenvalue weighted by molar-refractivity contribution is 0.627. The first-order valence-corrected chi connectivity index (χ1v) is 6.38. The summed E-state index contributed by atoms with van der Waals surface area (Å²) in [6, 6.07) is 4.42. The molecule has 0 saturated heterocycles. The molecular formula is C12H12ClFN2S. The molecule has 5 heteroatoms. The normalized spacial score (nSPS) is 10.8. The third kappa shape index (κ3) is 2.83. The highest BCUT2D eigenvalue weighted by Gasteiger charge is 2.09. The van der Waals surface area contributed by atoms with Crippen LogP contribution in [0.1, 0.15) is 21.1 Å². The molecule has 1 aromatic carbocycles. The Hall–Kier alpha value is -0.970. The van der Waals surface area contributed by atoms with Gasteiger partial charge in [-0.25, -0.2) is 9.37 Å². The number of nitrogens with zero attached hydrogens (tertiary/aromatic N) is 1. The van der Waals surface area contributed by atoms with Crippen molar-refractivity contribution in [2.75, 3.05) is 0 Å². The van der Waals surface area contributed by atoms with Crippen molar-refractivity contribution in [2.24, 2.45) is 5.73 Å². The Balaban J connectivity index is 2.25. The van der Waals surface area contributed by atoms with Gasteiger partial charge >= 0.3 is 0 Å². The van der Waals surface area contributed by atoms with Crippen LogP contribution in [0.2, 0.25) is 5.02 Å². The highest BCUT2D eigenvalue weighted by molar-refractivity contribution is 7.11. The predicted octanol–water partition coefficient (Wildman–Crippen LogP) is 3.29. The van der Waals surface area contributed by atoms with Gasteiger partial charge in [0.1, 0.15) is 5.82 Å². The van der Waals surface area contributed by atoms with E-state index in [1.165, 1.54) is 12.1 Å². The van der Waals surface area contributed by atoms with Crippen LogP contribution < -0.4 is 5.73 Å². The number of nitrogens with two attached hydrogens (primary N) is 1. The van der Waals surface area contributed by atoms with Gasteiger partial charge in [0.05, 0.1) is 10.7 Å². The van der Waals surface area contributed by atoms with Crippen molar-refractivity contribution >= 4 is 22.9 Å². The number of benzene rings is 1. The topological polar surface area (TPSA) is 38.9 Å². The van der Waals surface area contributed by atoms with E-state index in [2.05, 4.69) is 4.98 Å². The maximum Gasteiger partial charge on any atom is 0.124 e. The van der Waals surface area contributed by atoms with Gasteiger partial charge in [-0.1, -0.05) is 17.7 Å². The van der Waals surface area contributed by atoms with Crippen molar-refractivity contribution in [1.29, 1.82) is 0 Å². The van der Waals surface area contributed by atoms with Gasteiger partial charge in [-0.2, -0.15) is 0 Å². The molecule has 0 aliphatic rings. The SMILES string of the molecule is Cc1nc(Cc2ccc(F)cc2Cl)sc1CN. The summed E-state index contributed by atoms with van der Waals surface area (Å²) in [4.78, 5) is 5.51. The fourth-order valence-electron chi connectivity index (χ4n) is 1.58. The largest absolute Gasteiger partial charge is 0.326 e. The minimum Gasteiger partial charge on any atom is -0.326 e. The van der Waals surface area contributed by atoms with Crippen molar-refractivity contribution in [3.05, 3.63) is 50.2 Å². The molecule has 2 N–H and O–H groups in total. The highest BCUT2D eigenvalue weighted by atomic mass is 35.5. The van der Waals surface area contributed by atoms with Gasteiger partial charge < -0.3 is 5.73 Å². The smallest absolute Gasteiger partial charge is 0.124 e. The van der Waals surface area contributed by atoms with Gasteiger partial charge in [0.25, 0.3) is 0 Å². The summed E-state index contributed by atoms with van der Waals surface area (Å²) < 4.78 is 12.9. The molecule has 0 aliphatic heterocycles. The van der Waals surface area contributed by atoms with E-state index in [0.29, 0.717) is 18.0 Å². The summed E-state index contributed by atoms with van der Waals surface area (Å²) >= 11 is 7.55. The summed E-state index contributed by atoms with van der Waals surface area (Å²) in [5.41, 5.74) is 7.45. The molecule has 0 aliphatic carbocycles. The van der Waals surface area contributed by atoms with Gasteiger partial charge in [-0.15, -0.1) is 11.3 Å². The van der Waals surface area contributed by atoms with Crippen LogP contribution in [0.25, 0.3) is 0 Å². The Morgan fingerprint density at radius 1 is 1.47 bits per heavy atom. The van der Waals surface area contributed by atoms with E-state index < -0.39 is 0 Å². The van der Waals surface area contributed by atoms with Crippen LogP contribution in [0.15, 0.2) is 18.2 Å². The standard InChI is InChI=1S/C12H12ClFN2S/c1-7-11(6-15)17-12(16-7)4-8-2-3-9(14)5-10(8)13/h2-3,5H,4,6,15H2,1H3. The Labute approximate surface area is 108 Å². The van der Waals surface area contributed by atoms with E-state index in [9.17, 15) is 4.39 Å². The zero-order valence-corrected chi connectivity index (χ0v) is 10.9. The lowest BCUT2D eigenvalue weighted by Crippen LogP contribution is -1.94. The number of hydrogen-bond donors (Lipinski definition) is 1. The molecule has 1 aromatic heterocycles. The van der Waals surface area contributed by atoms with Gasteiger partial charge in [-0.05, 0) is 24.6 Å². The minimum absolute atomic E-state index is 0.322. The lowest BCUT2D eigenvalue weighted by atomic mass is 10.1. The van der Waals surface area contributed by atoms with Crippen LogP contribution >= 0.6 is 22.9 Å². The van der Waals surface area contributed by atoms with Crippen molar-refractivity contribution in [3.8, 4) is 0 Å². The van der Waals surface area contributed by atoms with Crippen molar-refractivity contribution in [1.82, 2.24) is 4.98 Å². The Bertz CT molecular complexity index is 539. The Kier molecular flexibility index (Phi) is 3.76. The van der Waals surface area contributed by atoms with Crippen LogP contribution in [0.4, 0.5) is 4.39 Å². The first-order chi connectivity index (χ1) is 8.10. The highest BCUT2D eigenvalue weighted by Crippen LogP contribution is 2.24. The fourth-order valence-corrected chi connectivity index (χ4v) is 2.79. The third-order valence-electron chi connectivity index (χ3n) is 2.48. The Morgan fingerprint density at radius 2 is 2.24 bits per heavy atom. The molecule has 0 fully saturated rings. The maximum absolute atomic E-state index is 12.9. The number of aryl methyl sites for hydroxylation is 1. The molecule has 0 bridgehead atoms. The van der Waals surface area contributed by atoms with Crippen molar-refractivity contribution in [2.45, 2.75) is 19.9 Å². The molecule has 90 valence electrons. The second-order valence-electron chi connectivity index (χ2n) is 3.73. The first kappa shape index (κ1) is 12.5. The molecular weight excluding hydrogens is 259 g/mol. The Morgan fingerprint density at radius 3 is 2.82 bits per heavy atom. The lowest BCUT2D eigenvalue weighted by Gasteiger charge is -2.01. The molecule has 0 spiro atoms. The van der Waals surface area contributed by atoms with Gasteiger partial charge in [-0.3, -0.25) is 0 Å². The monoisotopic (exact) mass is 270 g/mol. The van der Waals surface area contributed by atoms with Crippen LogP contribution in [-0.2, 0) is 13.0 Å². The fraction of sp³-hybridized carbons (Fsp3) is 0.250. The number of aromatic nitrogens is 1. The molecule has 0 saturated carbocycles. The van der Waals surface area contributed by atoms with Crippen LogP contribution in [0.5, 0.6) is 0 Å². The van der Waals surface area contributed by atoms with E-state index >= 15 is 0 Å². The summed E-state index contributed by atoms with van der Waals surface area (Å²) in [5.74, 6) is -0.322. The molecule has 2 nitrogen and oxygen atoms in total. The second-order valence-corrected chi connectivity index (χ2v) is 5.31. The zero-order valence-electron chi connectivity index (χ0n) is 9.34. The predicted molar refractivity (Wildman–Crippen MR) is 69.0 cm³/mol. The molecule has 0 amide bonds. The zero-order chi connectivity index (χ0) is 12.4. The molecule has 0 atom stereocenters. The summed E-state index contributed by atoms with van der Waals surface area (Å²) in [7, 11) is 0. The molecule has 0 unspecified atom stereocenters. The molecule has 1 heterocycles. The van der Waals surface area contributed by atoms with E-state index in [1.54, 1.807) is 17.4 Å². The van der Waals surface area contributed by atoms with Gasteiger partial charge in [0, 0.05) is 22.9 Å². The summed E-state index contributed by atoms with van der Waals surface area (Å²) in [6.45, 7) is 2.44. The van der Waals surface area contributed by atoms with E-state index in [-0.39, 0.29) is 5.82 Å². The third-order valence-corrected chi connectivity index (χ3v) is 4.01. The molecule has 0 radical (unpaired) electrons. The molecule has 2 rings (SSSR count). The molecule has 17 heavy (non-hydrogen) atoms. The number of rotatable bonds is 3.